The predicted octanol–water partition coefficient (Wildman–Crippen LogP) is 3.38. The van der Waals surface area contributed by atoms with Crippen molar-refractivity contribution in [2.75, 3.05) is 25.0 Å². The Morgan fingerprint density at radius 2 is 2.03 bits per heavy atom. The lowest BCUT2D eigenvalue weighted by molar-refractivity contribution is 0.0527. The lowest BCUT2D eigenvalue weighted by Gasteiger charge is -2.31. The number of pyridine rings is 1. The summed E-state index contributed by atoms with van der Waals surface area (Å²) in [7, 11) is 0. The molecule has 0 aliphatic carbocycles. The molecule has 1 atom stereocenters. The molecule has 2 aromatic rings. The molecule has 1 aliphatic heterocycles. The predicted molar refractivity (Wildman–Crippen MR) is 109 cm³/mol. The fourth-order valence-corrected chi connectivity index (χ4v) is 3.41. The van der Waals surface area contributed by atoms with Crippen LogP contribution in [0, 0.1) is 5.92 Å². The molecule has 152 valence electrons. The van der Waals surface area contributed by atoms with Gasteiger partial charge in [0.1, 0.15) is 5.69 Å². The monoisotopic (exact) mass is 395 g/mol. The minimum atomic E-state index is -0.514. The maximum Gasteiger partial charge on any atom is 0.340 e. The van der Waals surface area contributed by atoms with Gasteiger partial charge in [-0.3, -0.25) is 14.6 Å². The highest BCUT2D eigenvalue weighted by molar-refractivity contribution is 6.08. The Hall–Kier alpha value is -3.22. The maximum atomic E-state index is 12.8. The van der Waals surface area contributed by atoms with Gasteiger partial charge in [-0.2, -0.15) is 0 Å². The molecule has 2 heterocycles. The molecule has 3 rings (SSSR count). The molecule has 1 aliphatic rings. The number of hydrogen-bond donors (Lipinski definition) is 1. The molecule has 0 radical (unpaired) electrons. The maximum absolute atomic E-state index is 12.8. The van der Waals surface area contributed by atoms with Gasteiger partial charge in [0.15, 0.2) is 0 Å². The van der Waals surface area contributed by atoms with Gasteiger partial charge >= 0.3 is 5.97 Å². The number of carbonyl (C=O) groups is 3. The number of nitrogens with one attached hydrogen (secondary N) is 1. The van der Waals surface area contributed by atoms with Crippen molar-refractivity contribution in [1.29, 1.82) is 0 Å². The van der Waals surface area contributed by atoms with E-state index in [1.165, 1.54) is 12.3 Å². The number of piperidine rings is 1. The van der Waals surface area contributed by atoms with Crippen LogP contribution in [-0.2, 0) is 4.74 Å². The van der Waals surface area contributed by atoms with Crippen LogP contribution in [0.3, 0.4) is 0 Å². The van der Waals surface area contributed by atoms with E-state index in [9.17, 15) is 14.4 Å². The number of ether oxygens (including phenoxy) is 1. The number of hydrogen-bond acceptors (Lipinski definition) is 5. The van der Waals surface area contributed by atoms with Crippen molar-refractivity contribution in [3.63, 3.8) is 0 Å². The summed E-state index contributed by atoms with van der Waals surface area (Å²) in [6.07, 6.45) is 3.55. The second kappa shape index (κ2) is 9.32. The zero-order valence-corrected chi connectivity index (χ0v) is 16.7. The Balaban J connectivity index is 1.77. The normalized spacial score (nSPS) is 16.2. The van der Waals surface area contributed by atoms with Gasteiger partial charge in [-0.1, -0.05) is 19.1 Å². The van der Waals surface area contributed by atoms with Crippen LogP contribution in [0.25, 0.3) is 0 Å². The Bertz CT molecular complexity index is 912. The van der Waals surface area contributed by atoms with E-state index in [0.717, 1.165) is 25.9 Å². The van der Waals surface area contributed by atoms with Crippen molar-refractivity contribution < 1.29 is 19.1 Å². The number of esters is 1. The smallest absolute Gasteiger partial charge is 0.340 e. The molecule has 7 nitrogen and oxygen atoms in total. The van der Waals surface area contributed by atoms with Gasteiger partial charge in [0.05, 0.1) is 17.9 Å². The van der Waals surface area contributed by atoms with Crippen LogP contribution in [0.5, 0.6) is 0 Å². The van der Waals surface area contributed by atoms with Gasteiger partial charge < -0.3 is 15.0 Å². The van der Waals surface area contributed by atoms with Crippen molar-refractivity contribution >= 4 is 23.5 Å². The lowest BCUT2D eigenvalue weighted by atomic mass is 9.99. The number of nitrogens with zero attached hydrogens (tertiary/aromatic N) is 2. The summed E-state index contributed by atoms with van der Waals surface area (Å²) >= 11 is 0. The summed E-state index contributed by atoms with van der Waals surface area (Å²) in [5.41, 5.74) is 1.13. The van der Waals surface area contributed by atoms with Gasteiger partial charge in [-0.05, 0) is 49.9 Å². The van der Waals surface area contributed by atoms with Gasteiger partial charge in [0.2, 0.25) is 0 Å². The third-order valence-electron chi connectivity index (χ3n) is 4.85. The second-order valence-electron chi connectivity index (χ2n) is 7.15. The molecule has 1 N–H and O–H groups in total. The Labute approximate surface area is 170 Å². The number of aromatic nitrogens is 1. The average molecular weight is 395 g/mol. The summed E-state index contributed by atoms with van der Waals surface area (Å²) in [4.78, 5) is 43.5. The summed E-state index contributed by atoms with van der Waals surface area (Å²) in [5, 5.41) is 2.69. The lowest BCUT2D eigenvalue weighted by Crippen LogP contribution is -2.39. The largest absolute Gasteiger partial charge is 0.462 e. The van der Waals surface area contributed by atoms with E-state index >= 15 is 0 Å². The molecule has 2 amide bonds. The van der Waals surface area contributed by atoms with E-state index in [1.54, 1.807) is 37.3 Å². The van der Waals surface area contributed by atoms with E-state index in [4.69, 9.17) is 4.74 Å². The van der Waals surface area contributed by atoms with E-state index in [-0.39, 0.29) is 23.8 Å². The fraction of sp³-hybridized carbons (Fsp3) is 0.364. The molecule has 29 heavy (non-hydrogen) atoms. The third-order valence-corrected chi connectivity index (χ3v) is 4.85. The Morgan fingerprint density at radius 3 is 2.79 bits per heavy atom. The minimum Gasteiger partial charge on any atom is -0.462 e. The van der Waals surface area contributed by atoms with Crippen molar-refractivity contribution in [3.05, 3.63) is 59.4 Å². The third kappa shape index (κ3) is 4.99. The van der Waals surface area contributed by atoms with Crippen LogP contribution >= 0.6 is 0 Å². The topological polar surface area (TPSA) is 88.6 Å². The minimum absolute atomic E-state index is 0.0973. The molecule has 1 saturated heterocycles. The van der Waals surface area contributed by atoms with Gasteiger partial charge in [0, 0.05) is 24.8 Å². The Morgan fingerprint density at radius 1 is 1.24 bits per heavy atom. The number of likely N-dealkylation sites (tertiary alicyclic amines) is 1. The molecule has 1 aromatic heterocycles. The number of amides is 2. The van der Waals surface area contributed by atoms with E-state index in [2.05, 4.69) is 17.2 Å². The first-order chi connectivity index (χ1) is 14.0. The molecular formula is C22H25N3O4. The van der Waals surface area contributed by atoms with Gasteiger partial charge in [-0.25, -0.2) is 4.79 Å². The van der Waals surface area contributed by atoms with Gasteiger partial charge in [0.25, 0.3) is 11.8 Å². The van der Waals surface area contributed by atoms with Crippen LogP contribution in [0.1, 0.15) is 57.9 Å². The quantitative estimate of drug-likeness (QED) is 0.784. The number of benzene rings is 1. The molecule has 1 unspecified atom stereocenters. The first kappa shape index (κ1) is 20.5. The SMILES string of the molecule is CCOC(=O)c1ccccc1NC(=O)c1cc(C(=O)N2CCCC(C)C2)ccn1. The van der Waals surface area contributed by atoms with Crippen molar-refractivity contribution in [2.24, 2.45) is 5.92 Å². The molecule has 1 fully saturated rings. The standard InChI is InChI=1S/C22H25N3O4/c1-3-29-22(28)17-8-4-5-9-18(17)24-20(26)19-13-16(10-11-23-19)21(27)25-12-6-7-15(2)14-25/h4-5,8-11,13,15H,3,6-7,12,14H2,1-2H3,(H,24,26). The zero-order valence-electron chi connectivity index (χ0n) is 16.7. The summed E-state index contributed by atoms with van der Waals surface area (Å²) in [6.45, 7) is 5.53. The van der Waals surface area contributed by atoms with E-state index < -0.39 is 11.9 Å². The van der Waals surface area contributed by atoms with Crippen LogP contribution in [0.4, 0.5) is 5.69 Å². The second-order valence-corrected chi connectivity index (χ2v) is 7.15. The first-order valence-corrected chi connectivity index (χ1v) is 9.82. The number of carbonyl (C=O) groups excluding carboxylic acids is 3. The van der Waals surface area contributed by atoms with Crippen molar-refractivity contribution in [1.82, 2.24) is 9.88 Å². The highest BCUT2D eigenvalue weighted by Gasteiger charge is 2.23. The fourth-order valence-electron chi connectivity index (χ4n) is 3.41. The number of para-hydroxylation sites is 1. The summed E-state index contributed by atoms with van der Waals surface area (Å²) in [5.74, 6) is -0.639. The Kier molecular flexibility index (Phi) is 6.59. The first-order valence-electron chi connectivity index (χ1n) is 9.82. The van der Waals surface area contributed by atoms with Crippen LogP contribution in [0.2, 0.25) is 0 Å². The summed E-state index contributed by atoms with van der Waals surface area (Å²) in [6, 6.07) is 9.71. The van der Waals surface area contributed by atoms with Crippen molar-refractivity contribution in [3.8, 4) is 0 Å². The molecule has 1 aromatic carbocycles. The molecule has 7 heteroatoms. The number of rotatable bonds is 5. The average Bonchev–Trinajstić information content (AvgIpc) is 2.74. The highest BCUT2D eigenvalue weighted by atomic mass is 16.5. The van der Waals surface area contributed by atoms with Crippen LogP contribution < -0.4 is 5.32 Å². The van der Waals surface area contributed by atoms with Crippen LogP contribution in [-0.4, -0.2) is 47.4 Å². The summed E-state index contributed by atoms with van der Waals surface area (Å²) < 4.78 is 5.03. The molecule has 0 saturated carbocycles. The zero-order chi connectivity index (χ0) is 20.8. The number of anilines is 1. The highest BCUT2D eigenvalue weighted by Crippen LogP contribution is 2.19. The molecule has 0 bridgehead atoms. The van der Waals surface area contributed by atoms with Crippen molar-refractivity contribution in [2.45, 2.75) is 26.7 Å². The van der Waals surface area contributed by atoms with E-state index in [0.29, 0.717) is 17.2 Å². The van der Waals surface area contributed by atoms with E-state index in [1.807, 2.05) is 4.90 Å². The van der Waals surface area contributed by atoms with Gasteiger partial charge in [-0.15, -0.1) is 0 Å². The van der Waals surface area contributed by atoms with Crippen LogP contribution in [0.15, 0.2) is 42.6 Å². The molecular weight excluding hydrogens is 370 g/mol. The molecule has 0 spiro atoms.